The van der Waals surface area contributed by atoms with Gasteiger partial charge in [0, 0.05) is 26.7 Å². The lowest BCUT2D eigenvalue weighted by molar-refractivity contribution is 0.0964. The molecule has 108 valence electrons. The maximum atomic E-state index is 12.0. The number of rotatable bonds is 3. The van der Waals surface area contributed by atoms with Crippen molar-refractivity contribution in [1.29, 1.82) is 5.26 Å². The van der Waals surface area contributed by atoms with Crippen LogP contribution < -0.4 is 16.0 Å². The Morgan fingerprint density at radius 2 is 2.25 bits per heavy atom. The highest BCUT2D eigenvalue weighted by Gasteiger charge is 2.27. The Kier molecular flexibility index (Phi) is 4.47. The van der Waals surface area contributed by atoms with Gasteiger partial charge in [0.25, 0.3) is 5.91 Å². The lowest BCUT2D eigenvalue weighted by atomic mass is 9.98. The van der Waals surface area contributed by atoms with Crippen LogP contribution in [0.3, 0.4) is 0 Å². The van der Waals surface area contributed by atoms with Crippen molar-refractivity contribution in [2.24, 2.45) is 5.92 Å². The Morgan fingerprint density at radius 3 is 2.75 bits per heavy atom. The smallest absolute Gasteiger partial charge is 0.256 e. The maximum absolute atomic E-state index is 12.0. The quantitative estimate of drug-likeness (QED) is 0.764. The Balaban J connectivity index is 2.32. The molecule has 7 heteroatoms. The first kappa shape index (κ1) is 14.6. The zero-order valence-electron chi connectivity index (χ0n) is 11.3. The van der Waals surface area contributed by atoms with Crippen LogP contribution in [-0.2, 0) is 0 Å². The first-order valence-electron chi connectivity index (χ1n) is 6.52. The van der Waals surface area contributed by atoms with Gasteiger partial charge in [-0.05, 0) is 18.8 Å². The van der Waals surface area contributed by atoms with E-state index in [1.807, 2.05) is 6.07 Å². The normalized spacial score (nSPS) is 15.9. The molecule has 0 atom stereocenters. The molecular formula is C13H18N4O2S. The van der Waals surface area contributed by atoms with Crippen LogP contribution in [0.4, 0.5) is 10.7 Å². The van der Waals surface area contributed by atoms with Crippen molar-refractivity contribution >= 4 is 27.9 Å². The van der Waals surface area contributed by atoms with Gasteiger partial charge in [0.2, 0.25) is 0 Å². The van der Waals surface area contributed by atoms with E-state index in [0.717, 1.165) is 30.9 Å². The van der Waals surface area contributed by atoms with Crippen molar-refractivity contribution in [2.45, 2.75) is 12.8 Å². The predicted molar refractivity (Wildman–Crippen MR) is 78.9 cm³/mol. The number of nitrogens with zero attached hydrogens (tertiary/aromatic N) is 2. The standard InChI is InChI=1S/C13H18N4O2S/c1-16-12(19)10-11(15)9(6-14)20-13(10)17-4-2-8(7-18)3-5-17/h8,18H,2-5,7,15H2,1H3,(H,16,19). The van der Waals surface area contributed by atoms with Gasteiger partial charge in [-0.15, -0.1) is 11.3 Å². The van der Waals surface area contributed by atoms with Crippen LogP contribution in [0.5, 0.6) is 0 Å². The highest BCUT2D eigenvalue weighted by Crippen LogP contribution is 2.39. The predicted octanol–water partition coefficient (Wildman–Crippen LogP) is 0.770. The van der Waals surface area contributed by atoms with E-state index in [-0.39, 0.29) is 18.2 Å². The largest absolute Gasteiger partial charge is 0.396 e. The van der Waals surface area contributed by atoms with E-state index in [0.29, 0.717) is 16.4 Å². The van der Waals surface area contributed by atoms with Crippen LogP contribution in [-0.4, -0.2) is 37.8 Å². The second kappa shape index (κ2) is 6.11. The summed E-state index contributed by atoms with van der Waals surface area (Å²) < 4.78 is 0. The third-order valence-electron chi connectivity index (χ3n) is 3.64. The number of anilines is 2. The number of nitriles is 1. The number of aliphatic hydroxyl groups is 1. The summed E-state index contributed by atoms with van der Waals surface area (Å²) in [5.74, 6) is 0.0574. The summed E-state index contributed by atoms with van der Waals surface area (Å²) in [5, 5.41) is 21.6. The molecule has 20 heavy (non-hydrogen) atoms. The fourth-order valence-electron chi connectivity index (χ4n) is 2.40. The Bertz CT molecular complexity index is 541. The molecule has 0 radical (unpaired) electrons. The molecule has 1 aromatic heterocycles. The number of piperidine rings is 1. The van der Waals surface area contributed by atoms with E-state index in [9.17, 15) is 9.90 Å². The molecule has 1 aromatic rings. The molecule has 0 unspecified atom stereocenters. The summed E-state index contributed by atoms with van der Waals surface area (Å²) in [7, 11) is 1.55. The summed E-state index contributed by atoms with van der Waals surface area (Å²) in [6.07, 6.45) is 1.76. The van der Waals surface area contributed by atoms with E-state index < -0.39 is 0 Å². The highest BCUT2D eigenvalue weighted by molar-refractivity contribution is 7.17. The monoisotopic (exact) mass is 294 g/mol. The maximum Gasteiger partial charge on any atom is 0.256 e. The highest BCUT2D eigenvalue weighted by atomic mass is 32.1. The van der Waals surface area contributed by atoms with Crippen LogP contribution >= 0.6 is 11.3 Å². The lowest BCUT2D eigenvalue weighted by Gasteiger charge is -2.32. The van der Waals surface area contributed by atoms with Crippen LogP contribution in [0.1, 0.15) is 28.1 Å². The molecule has 1 fully saturated rings. The number of hydrogen-bond acceptors (Lipinski definition) is 6. The van der Waals surface area contributed by atoms with Crippen LogP contribution in [0.2, 0.25) is 0 Å². The van der Waals surface area contributed by atoms with Gasteiger partial charge in [-0.2, -0.15) is 5.26 Å². The van der Waals surface area contributed by atoms with Gasteiger partial charge in [-0.3, -0.25) is 4.79 Å². The number of carbonyl (C=O) groups excluding carboxylic acids is 1. The van der Waals surface area contributed by atoms with Crippen LogP contribution in [0, 0.1) is 17.2 Å². The molecule has 0 bridgehead atoms. The minimum absolute atomic E-state index is 0.201. The summed E-state index contributed by atoms with van der Waals surface area (Å²) >= 11 is 1.26. The number of amides is 1. The fourth-order valence-corrected chi connectivity index (χ4v) is 3.47. The van der Waals surface area contributed by atoms with Crippen molar-refractivity contribution in [1.82, 2.24) is 5.32 Å². The zero-order valence-corrected chi connectivity index (χ0v) is 12.2. The van der Waals surface area contributed by atoms with Crippen molar-refractivity contribution in [3.63, 3.8) is 0 Å². The Labute approximate surface area is 121 Å². The number of thiophene rings is 1. The number of nitrogen functional groups attached to an aromatic ring is 1. The molecule has 4 N–H and O–H groups in total. The summed E-state index contributed by atoms with van der Waals surface area (Å²) in [6.45, 7) is 1.73. The van der Waals surface area contributed by atoms with Crippen molar-refractivity contribution < 1.29 is 9.90 Å². The van der Waals surface area contributed by atoms with Gasteiger partial charge < -0.3 is 21.1 Å². The van der Waals surface area contributed by atoms with Crippen LogP contribution in [0.15, 0.2) is 0 Å². The number of hydrogen-bond donors (Lipinski definition) is 3. The zero-order chi connectivity index (χ0) is 14.7. The molecular weight excluding hydrogens is 276 g/mol. The summed E-state index contributed by atoms with van der Waals surface area (Å²) in [5.41, 5.74) is 6.57. The molecule has 1 aliphatic heterocycles. The topological polar surface area (TPSA) is 102 Å². The SMILES string of the molecule is CNC(=O)c1c(N2CCC(CO)CC2)sc(C#N)c1N. The van der Waals surface area contributed by atoms with Gasteiger partial charge >= 0.3 is 0 Å². The average molecular weight is 294 g/mol. The molecule has 0 aromatic carbocycles. The van der Waals surface area contributed by atoms with Crippen molar-refractivity contribution in [3.8, 4) is 6.07 Å². The number of nitrogens with two attached hydrogens (primary N) is 1. The first-order chi connectivity index (χ1) is 9.62. The minimum atomic E-state index is -0.264. The average Bonchev–Trinajstić information content (AvgIpc) is 2.83. The number of aliphatic hydroxyl groups excluding tert-OH is 1. The minimum Gasteiger partial charge on any atom is -0.396 e. The second-order valence-electron chi connectivity index (χ2n) is 4.83. The summed E-state index contributed by atoms with van der Waals surface area (Å²) in [6, 6.07) is 2.04. The molecule has 2 heterocycles. The van der Waals surface area contributed by atoms with Gasteiger partial charge in [0.1, 0.15) is 15.9 Å². The van der Waals surface area contributed by atoms with Gasteiger partial charge in [0.15, 0.2) is 0 Å². The molecule has 0 aliphatic carbocycles. The lowest BCUT2D eigenvalue weighted by Crippen LogP contribution is -2.35. The van der Waals surface area contributed by atoms with Gasteiger partial charge in [0.05, 0.1) is 11.3 Å². The Hall–Kier alpha value is -1.78. The molecule has 0 spiro atoms. The van der Waals surface area contributed by atoms with E-state index in [2.05, 4.69) is 10.2 Å². The first-order valence-corrected chi connectivity index (χ1v) is 7.34. The van der Waals surface area contributed by atoms with E-state index in [1.54, 1.807) is 7.05 Å². The number of carbonyl (C=O) groups is 1. The molecule has 0 saturated carbocycles. The number of nitrogens with one attached hydrogen (secondary N) is 1. The third-order valence-corrected chi connectivity index (χ3v) is 4.81. The molecule has 1 aliphatic rings. The molecule has 1 amide bonds. The Morgan fingerprint density at radius 1 is 1.60 bits per heavy atom. The van der Waals surface area contributed by atoms with E-state index in [4.69, 9.17) is 11.0 Å². The molecule has 2 rings (SSSR count). The fraction of sp³-hybridized carbons (Fsp3) is 0.538. The summed E-state index contributed by atoms with van der Waals surface area (Å²) in [4.78, 5) is 14.4. The molecule has 6 nitrogen and oxygen atoms in total. The van der Waals surface area contributed by atoms with E-state index >= 15 is 0 Å². The molecule has 1 saturated heterocycles. The van der Waals surface area contributed by atoms with E-state index in [1.165, 1.54) is 11.3 Å². The van der Waals surface area contributed by atoms with Crippen LogP contribution in [0.25, 0.3) is 0 Å². The van der Waals surface area contributed by atoms with Crippen molar-refractivity contribution in [2.75, 3.05) is 37.4 Å². The third kappa shape index (κ3) is 2.57. The van der Waals surface area contributed by atoms with Gasteiger partial charge in [-0.1, -0.05) is 0 Å². The van der Waals surface area contributed by atoms with Gasteiger partial charge in [-0.25, -0.2) is 0 Å². The van der Waals surface area contributed by atoms with Crippen molar-refractivity contribution in [3.05, 3.63) is 10.4 Å². The second-order valence-corrected chi connectivity index (χ2v) is 5.83.